The molecule has 2 aromatic carbocycles. The molecule has 0 amide bonds. The van der Waals surface area contributed by atoms with Crippen molar-refractivity contribution in [2.75, 3.05) is 13.2 Å². The predicted molar refractivity (Wildman–Crippen MR) is 103 cm³/mol. The Morgan fingerprint density at radius 2 is 1.97 bits per heavy atom. The summed E-state index contributed by atoms with van der Waals surface area (Å²) in [4.78, 5) is 34.8. The molecular formula is C21H19NO7. The van der Waals surface area contributed by atoms with Gasteiger partial charge < -0.3 is 14.6 Å². The van der Waals surface area contributed by atoms with Crippen LogP contribution in [0.5, 0.6) is 0 Å². The molecule has 150 valence electrons. The first kappa shape index (κ1) is 20.2. The van der Waals surface area contributed by atoms with E-state index in [9.17, 15) is 24.8 Å². The molecule has 1 aliphatic rings. The number of ether oxygens (including phenoxy) is 2. The van der Waals surface area contributed by atoms with Gasteiger partial charge in [0.25, 0.3) is 5.69 Å². The number of cyclic esters (lactones) is 1. The quantitative estimate of drug-likeness (QED) is 0.345. The van der Waals surface area contributed by atoms with Crippen LogP contribution in [0.15, 0.2) is 54.1 Å². The third-order valence-electron chi connectivity index (χ3n) is 4.65. The molecule has 0 spiro atoms. The van der Waals surface area contributed by atoms with Crippen LogP contribution in [-0.4, -0.2) is 40.8 Å². The summed E-state index contributed by atoms with van der Waals surface area (Å²) in [6.07, 6.45) is 1.58. The number of hydrogen-bond acceptors (Lipinski definition) is 7. The van der Waals surface area contributed by atoms with E-state index in [1.54, 1.807) is 31.2 Å². The molecule has 0 aromatic heterocycles. The van der Waals surface area contributed by atoms with Crippen LogP contribution in [0.3, 0.4) is 0 Å². The number of carbonyl (C=O) groups is 2. The summed E-state index contributed by atoms with van der Waals surface area (Å²) in [5, 5.41) is 20.5. The van der Waals surface area contributed by atoms with Crippen LogP contribution < -0.4 is 0 Å². The first-order valence-electron chi connectivity index (χ1n) is 8.85. The number of hydrogen-bond donors (Lipinski definition) is 1. The Morgan fingerprint density at radius 3 is 2.59 bits per heavy atom. The molecule has 1 unspecified atom stereocenters. The van der Waals surface area contributed by atoms with Crippen molar-refractivity contribution >= 4 is 23.7 Å². The van der Waals surface area contributed by atoms with Gasteiger partial charge >= 0.3 is 11.9 Å². The average molecular weight is 397 g/mol. The number of benzene rings is 2. The van der Waals surface area contributed by atoms with Crippen LogP contribution in [0.25, 0.3) is 6.08 Å². The van der Waals surface area contributed by atoms with Crippen molar-refractivity contribution in [2.24, 2.45) is 0 Å². The predicted octanol–water partition coefficient (Wildman–Crippen LogP) is 2.82. The Balaban J connectivity index is 1.72. The summed E-state index contributed by atoms with van der Waals surface area (Å²) in [5.74, 6) is -1.20. The fourth-order valence-corrected chi connectivity index (χ4v) is 3.01. The van der Waals surface area contributed by atoms with E-state index in [0.29, 0.717) is 11.1 Å². The van der Waals surface area contributed by atoms with Gasteiger partial charge in [0.1, 0.15) is 6.61 Å². The monoisotopic (exact) mass is 397 g/mol. The molecule has 1 saturated heterocycles. The Morgan fingerprint density at radius 1 is 1.28 bits per heavy atom. The van der Waals surface area contributed by atoms with E-state index >= 15 is 0 Å². The maximum absolute atomic E-state index is 12.3. The van der Waals surface area contributed by atoms with Gasteiger partial charge in [-0.1, -0.05) is 18.2 Å². The lowest BCUT2D eigenvalue weighted by molar-refractivity contribution is -0.384. The molecule has 0 saturated carbocycles. The first-order valence-corrected chi connectivity index (χ1v) is 8.85. The summed E-state index contributed by atoms with van der Waals surface area (Å²) in [5.41, 5.74) is 0.577. The number of esters is 2. The molecular weight excluding hydrogens is 378 g/mol. The molecule has 0 bridgehead atoms. The van der Waals surface area contributed by atoms with Crippen molar-refractivity contribution in [3.05, 3.63) is 80.9 Å². The van der Waals surface area contributed by atoms with Crippen molar-refractivity contribution in [3.63, 3.8) is 0 Å². The van der Waals surface area contributed by atoms with Crippen molar-refractivity contribution in [1.82, 2.24) is 0 Å². The molecule has 1 fully saturated rings. The second-order valence-corrected chi connectivity index (χ2v) is 6.82. The molecule has 0 radical (unpaired) electrons. The van der Waals surface area contributed by atoms with E-state index < -0.39 is 29.1 Å². The van der Waals surface area contributed by atoms with Crippen molar-refractivity contribution in [2.45, 2.75) is 18.9 Å². The highest BCUT2D eigenvalue weighted by Crippen LogP contribution is 2.32. The summed E-state index contributed by atoms with van der Waals surface area (Å²) in [6, 6.07) is 12.6. The van der Waals surface area contributed by atoms with Gasteiger partial charge in [-0.25, -0.2) is 9.59 Å². The van der Waals surface area contributed by atoms with E-state index in [-0.39, 0.29) is 24.3 Å². The zero-order valence-electron chi connectivity index (χ0n) is 15.7. The molecule has 1 atom stereocenters. The standard InChI is InChI=1S/C21H19NO7/c1-14-4-2-3-5-18(14)20(25)28-13-21(12-23)11-16(19(24)29-21)10-15-6-8-17(9-7-15)22(26)27/h2-10,23H,11-13H2,1H3/b16-10+. The van der Waals surface area contributed by atoms with Gasteiger partial charge in [-0.3, -0.25) is 10.1 Å². The molecule has 0 aliphatic carbocycles. The Kier molecular flexibility index (Phi) is 5.74. The van der Waals surface area contributed by atoms with Crippen LogP contribution in [0.2, 0.25) is 0 Å². The zero-order valence-corrected chi connectivity index (χ0v) is 15.7. The van der Waals surface area contributed by atoms with E-state index in [2.05, 4.69) is 0 Å². The Labute approximate surface area is 166 Å². The van der Waals surface area contributed by atoms with E-state index in [0.717, 1.165) is 5.56 Å². The van der Waals surface area contributed by atoms with Gasteiger partial charge in [0.05, 0.1) is 17.1 Å². The van der Waals surface area contributed by atoms with Gasteiger partial charge in [-0.2, -0.15) is 0 Å². The number of rotatable bonds is 6. The lowest BCUT2D eigenvalue weighted by Gasteiger charge is -2.24. The highest BCUT2D eigenvalue weighted by Gasteiger charge is 2.44. The largest absolute Gasteiger partial charge is 0.458 e. The zero-order chi connectivity index (χ0) is 21.0. The number of nitrogens with zero attached hydrogens (tertiary/aromatic N) is 1. The van der Waals surface area contributed by atoms with E-state index in [1.165, 1.54) is 30.3 Å². The van der Waals surface area contributed by atoms with Gasteiger partial charge in [-0.15, -0.1) is 0 Å². The van der Waals surface area contributed by atoms with Gasteiger partial charge in [-0.05, 0) is 42.3 Å². The molecule has 1 aliphatic heterocycles. The van der Waals surface area contributed by atoms with Gasteiger partial charge in [0.15, 0.2) is 5.60 Å². The van der Waals surface area contributed by atoms with E-state index in [1.807, 2.05) is 0 Å². The van der Waals surface area contributed by atoms with Crippen molar-refractivity contribution in [1.29, 1.82) is 0 Å². The summed E-state index contributed by atoms with van der Waals surface area (Å²) in [6.45, 7) is 0.969. The number of aliphatic hydroxyl groups is 1. The molecule has 2 aromatic rings. The summed E-state index contributed by atoms with van der Waals surface area (Å²) >= 11 is 0. The second-order valence-electron chi connectivity index (χ2n) is 6.82. The lowest BCUT2D eigenvalue weighted by atomic mass is 9.98. The molecule has 3 rings (SSSR count). The van der Waals surface area contributed by atoms with Crippen LogP contribution >= 0.6 is 0 Å². The number of aryl methyl sites for hydroxylation is 1. The summed E-state index contributed by atoms with van der Waals surface area (Å²) in [7, 11) is 0. The SMILES string of the molecule is Cc1ccccc1C(=O)OCC1(CO)C/C(=C\c2ccc([N+](=O)[O-])cc2)C(=O)O1. The molecule has 1 N–H and O–H groups in total. The minimum Gasteiger partial charge on any atom is -0.458 e. The van der Waals surface area contributed by atoms with Crippen LogP contribution in [-0.2, 0) is 14.3 Å². The fraction of sp³-hybridized carbons (Fsp3) is 0.238. The molecule has 1 heterocycles. The van der Waals surface area contributed by atoms with Crippen molar-refractivity contribution < 1.29 is 29.1 Å². The lowest BCUT2D eigenvalue weighted by Crippen LogP contribution is -2.39. The fourth-order valence-electron chi connectivity index (χ4n) is 3.01. The summed E-state index contributed by atoms with van der Waals surface area (Å²) < 4.78 is 10.6. The third-order valence-corrected chi connectivity index (χ3v) is 4.65. The maximum atomic E-state index is 12.3. The normalized spacial score (nSPS) is 19.8. The minimum atomic E-state index is -1.36. The highest BCUT2D eigenvalue weighted by atomic mass is 16.6. The average Bonchev–Trinajstić information content (AvgIpc) is 3.03. The highest BCUT2D eigenvalue weighted by molar-refractivity contribution is 5.96. The molecule has 8 nitrogen and oxygen atoms in total. The van der Waals surface area contributed by atoms with Gasteiger partial charge in [0, 0.05) is 24.1 Å². The van der Waals surface area contributed by atoms with Crippen LogP contribution in [0.4, 0.5) is 5.69 Å². The van der Waals surface area contributed by atoms with E-state index in [4.69, 9.17) is 9.47 Å². The van der Waals surface area contributed by atoms with Crippen LogP contribution in [0.1, 0.15) is 27.9 Å². The third kappa shape index (κ3) is 4.49. The maximum Gasteiger partial charge on any atom is 0.338 e. The number of nitro benzene ring substituents is 1. The smallest absolute Gasteiger partial charge is 0.338 e. The first-order chi connectivity index (χ1) is 13.8. The topological polar surface area (TPSA) is 116 Å². The Bertz CT molecular complexity index is 981. The molecule has 29 heavy (non-hydrogen) atoms. The Hall–Kier alpha value is -3.52. The number of non-ortho nitro benzene ring substituents is 1. The second kappa shape index (κ2) is 8.24. The molecule has 8 heteroatoms. The minimum absolute atomic E-state index is 0.0420. The number of aliphatic hydroxyl groups excluding tert-OH is 1. The van der Waals surface area contributed by atoms with Crippen LogP contribution in [0, 0.1) is 17.0 Å². The number of carbonyl (C=O) groups excluding carboxylic acids is 2. The van der Waals surface area contributed by atoms with Gasteiger partial charge in [0.2, 0.25) is 0 Å². The van der Waals surface area contributed by atoms with Crippen molar-refractivity contribution in [3.8, 4) is 0 Å². The number of nitro groups is 1.